The molecule has 0 saturated heterocycles. The fraction of sp³-hybridized carbons (Fsp3) is 0.500. The molecule has 0 aliphatic heterocycles. The Hall–Kier alpha value is -2.73. The number of rotatable bonds is 4. The Balaban J connectivity index is 1.95. The first-order chi connectivity index (χ1) is 12.5. The highest BCUT2D eigenvalue weighted by atomic mass is 19.4. The molecule has 27 heavy (non-hydrogen) atoms. The van der Waals surface area contributed by atoms with Crippen LogP contribution in [-0.2, 0) is 6.18 Å². The molecule has 13 heteroatoms. The Morgan fingerprint density at radius 2 is 1.89 bits per heavy atom. The fourth-order valence-corrected chi connectivity index (χ4v) is 2.55. The lowest BCUT2D eigenvalue weighted by Gasteiger charge is -2.15. The molecular formula is C14H13F6N7. The summed E-state index contributed by atoms with van der Waals surface area (Å²) in [6.45, 7) is 0. The average Bonchev–Trinajstić information content (AvgIpc) is 2.92. The Bertz CT molecular complexity index is 826. The second kappa shape index (κ2) is 6.78. The first kappa shape index (κ1) is 19.0. The van der Waals surface area contributed by atoms with Gasteiger partial charge in [-0.2, -0.15) is 33.2 Å². The van der Waals surface area contributed by atoms with Crippen molar-refractivity contribution in [3.63, 3.8) is 0 Å². The summed E-state index contributed by atoms with van der Waals surface area (Å²) in [4.78, 5) is 18.1. The standard InChI is InChI=1S/C14H13F6N7/c1-27(20)12-25-10(8-5-21-6-9(23-8)14(17,18)19)24-11(26-12)22-7-2-3-13(15,16)4-7/h5-7H,2-4H2,1H3,(H,22,24,25,26). The lowest BCUT2D eigenvalue weighted by atomic mass is 10.2. The minimum Gasteiger partial charge on any atom is -0.351 e. The van der Waals surface area contributed by atoms with Crippen LogP contribution < -0.4 is 10.4 Å². The maximum absolute atomic E-state index is 13.5. The molecule has 1 unspecified atom stereocenters. The van der Waals surface area contributed by atoms with Gasteiger partial charge in [0.2, 0.25) is 11.9 Å². The second-order valence-electron chi connectivity index (χ2n) is 5.99. The molecule has 0 aromatic carbocycles. The number of nitrogens with one attached hydrogen (secondary N) is 1. The van der Waals surface area contributed by atoms with E-state index in [2.05, 4.69) is 30.2 Å². The van der Waals surface area contributed by atoms with Gasteiger partial charge in [0, 0.05) is 25.9 Å². The van der Waals surface area contributed by atoms with E-state index in [-0.39, 0.29) is 35.4 Å². The van der Waals surface area contributed by atoms with Crippen LogP contribution in [0.3, 0.4) is 0 Å². The van der Waals surface area contributed by atoms with Gasteiger partial charge >= 0.3 is 6.18 Å². The van der Waals surface area contributed by atoms with Crippen LogP contribution in [-0.4, -0.2) is 43.9 Å². The maximum Gasteiger partial charge on any atom is 0.434 e. The van der Waals surface area contributed by atoms with Crippen LogP contribution in [0.1, 0.15) is 25.0 Å². The van der Waals surface area contributed by atoms with Gasteiger partial charge in [-0.1, -0.05) is 4.48 Å². The number of aromatic nitrogens is 5. The first-order valence-corrected chi connectivity index (χ1v) is 7.73. The molecule has 146 valence electrons. The van der Waals surface area contributed by atoms with Gasteiger partial charge in [0.05, 0.1) is 12.4 Å². The van der Waals surface area contributed by atoms with Crippen LogP contribution in [0.5, 0.6) is 0 Å². The molecule has 0 spiro atoms. The topological polar surface area (TPSA) is 79.7 Å². The van der Waals surface area contributed by atoms with Crippen molar-refractivity contribution < 1.29 is 26.4 Å². The van der Waals surface area contributed by atoms with Crippen molar-refractivity contribution in [2.24, 2.45) is 0 Å². The Kier molecular flexibility index (Phi) is 4.78. The highest BCUT2D eigenvalue weighted by Crippen LogP contribution is 2.36. The lowest BCUT2D eigenvalue weighted by Crippen LogP contribution is -2.22. The van der Waals surface area contributed by atoms with E-state index in [1.807, 2.05) is 0 Å². The van der Waals surface area contributed by atoms with Gasteiger partial charge in [0.15, 0.2) is 11.5 Å². The Morgan fingerprint density at radius 1 is 1.15 bits per heavy atom. The van der Waals surface area contributed by atoms with Gasteiger partial charge in [-0.15, -0.1) is 0 Å². The number of hydrogen-bond donors (Lipinski definition) is 1. The molecule has 2 aromatic heterocycles. The molecule has 1 atom stereocenters. The Labute approximate surface area is 148 Å². The predicted octanol–water partition coefficient (Wildman–Crippen LogP) is 3.27. The van der Waals surface area contributed by atoms with Crippen LogP contribution in [0.4, 0.5) is 38.3 Å². The van der Waals surface area contributed by atoms with Crippen molar-refractivity contribution >= 4 is 11.9 Å². The van der Waals surface area contributed by atoms with Gasteiger partial charge < -0.3 is 5.32 Å². The van der Waals surface area contributed by atoms with Gasteiger partial charge in [0.1, 0.15) is 5.69 Å². The summed E-state index contributed by atoms with van der Waals surface area (Å²) in [5.41, 5.74) is -1.64. The molecule has 7 nitrogen and oxygen atoms in total. The summed E-state index contributed by atoms with van der Waals surface area (Å²) < 4.78 is 78.6. The van der Waals surface area contributed by atoms with Crippen LogP contribution in [0.15, 0.2) is 12.4 Å². The van der Waals surface area contributed by atoms with Gasteiger partial charge in [-0.25, -0.2) is 13.8 Å². The number of nitrogens with zero attached hydrogens (tertiary/aromatic N) is 6. The molecule has 0 amide bonds. The average molecular weight is 393 g/mol. The van der Waals surface area contributed by atoms with Crippen molar-refractivity contribution in [2.75, 3.05) is 17.5 Å². The first-order valence-electron chi connectivity index (χ1n) is 7.73. The van der Waals surface area contributed by atoms with E-state index in [0.29, 0.717) is 6.20 Å². The number of halogens is 6. The SMILES string of the molecule is CN(F)c1nc(NC2CCC(F)(F)C2)nc(-c2cncc(C(F)(F)F)n2)n1. The minimum absolute atomic E-state index is 0.0145. The van der Waals surface area contributed by atoms with E-state index in [9.17, 15) is 26.4 Å². The van der Waals surface area contributed by atoms with Crippen molar-refractivity contribution in [3.8, 4) is 11.5 Å². The van der Waals surface area contributed by atoms with Gasteiger partial charge in [-0.05, 0) is 6.42 Å². The third-order valence-electron chi connectivity index (χ3n) is 3.79. The molecule has 0 radical (unpaired) electrons. The quantitative estimate of drug-likeness (QED) is 0.631. The van der Waals surface area contributed by atoms with Crippen LogP contribution in [0.2, 0.25) is 0 Å². The summed E-state index contributed by atoms with van der Waals surface area (Å²) in [7, 11) is 0.963. The van der Waals surface area contributed by atoms with E-state index < -0.39 is 36.2 Å². The van der Waals surface area contributed by atoms with E-state index in [0.717, 1.165) is 13.2 Å². The summed E-state index contributed by atoms with van der Waals surface area (Å²) >= 11 is 0. The monoisotopic (exact) mass is 393 g/mol. The zero-order valence-electron chi connectivity index (χ0n) is 13.8. The second-order valence-corrected chi connectivity index (χ2v) is 5.99. The number of hydrogen-bond acceptors (Lipinski definition) is 7. The van der Waals surface area contributed by atoms with E-state index >= 15 is 0 Å². The molecule has 1 N–H and O–H groups in total. The molecule has 3 rings (SSSR count). The van der Waals surface area contributed by atoms with E-state index in [1.54, 1.807) is 0 Å². The van der Waals surface area contributed by atoms with Gasteiger partial charge in [-0.3, -0.25) is 4.98 Å². The largest absolute Gasteiger partial charge is 0.434 e. The minimum atomic E-state index is -4.74. The van der Waals surface area contributed by atoms with Crippen molar-refractivity contribution in [1.82, 2.24) is 24.9 Å². The van der Waals surface area contributed by atoms with E-state index in [4.69, 9.17) is 0 Å². The summed E-state index contributed by atoms with van der Waals surface area (Å²) in [5, 5.41) is 2.66. The molecule has 2 aromatic rings. The summed E-state index contributed by atoms with van der Waals surface area (Å²) in [5.74, 6) is -3.98. The molecule has 0 bridgehead atoms. The lowest BCUT2D eigenvalue weighted by molar-refractivity contribution is -0.141. The van der Waals surface area contributed by atoms with Gasteiger partial charge in [0.25, 0.3) is 5.95 Å². The zero-order chi connectivity index (χ0) is 19.8. The third-order valence-corrected chi connectivity index (χ3v) is 3.79. The summed E-state index contributed by atoms with van der Waals surface area (Å²) in [6, 6.07) is -0.666. The maximum atomic E-state index is 13.5. The predicted molar refractivity (Wildman–Crippen MR) is 81.6 cm³/mol. The smallest absolute Gasteiger partial charge is 0.351 e. The molecule has 1 fully saturated rings. The molecule has 1 aliphatic rings. The van der Waals surface area contributed by atoms with Crippen LogP contribution in [0.25, 0.3) is 11.5 Å². The van der Waals surface area contributed by atoms with Crippen molar-refractivity contribution in [1.29, 1.82) is 0 Å². The van der Waals surface area contributed by atoms with Crippen LogP contribution >= 0.6 is 0 Å². The third kappa shape index (κ3) is 4.52. The normalized spacial score (nSPS) is 19.1. The molecule has 2 heterocycles. The number of anilines is 2. The van der Waals surface area contributed by atoms with Crippen LogP contribution in [0, 0.1) is 0 Å². The molecule has 1 aliphatic carbocycles. The van der Waals surface area contributed by atoms with E-state index in [1.165, 1.54) is 0 Å². The Morgan fingerprint density at radius 3 is 2.48 bits per heavy atom. The van der Waals surface area contributed by atoms with Crippen molar-refractivity contribution in [2.45, 2.75) is 37.4 Å². The highest BCUT2D eigenvalue weighted by molar-refractivity contribution is 5.53. The number of alkyl halides is 5. The zero-order valence-corrected chi connectivity index (χ0v) is 13.8. The molecular weight excluding hydrogens is 380 g/mol. The summed E-state index contributed by atoms with van der Waals surface area (Å²) in [6.07, 6.45) is -3.90. The van der Waals surface area contributed by atoms with Crippen molar-refractivity contribution in [3.05, 3.63) is 18.1 Å². The highest BCUT2D eigenvalue weighted by Gasteiger charge is 2.40. The fourth-order valence-electron chi connectivity index (χ4n) is 2.55. The molecule has 1 saturated carbocycles.